The van der Waals surface area contributed by atoms with Crippen LogP contribution in [0.2, 0.25) is 5.15 Å². The topological polar surface area (TPSA) is 108 Å². The van der Waals surface area contributed by atoms with Gasteiger partial charge in [-0.2, -0.15) is 13.2 Å². The number of azo groups is 1. The first kappa shape index (κ1) is 20.3. The monoisotopic (exact) mass is 427 g/mol. The summed E-state index contributed by atoms with van der Waals surface area (Å²) in [5.74, 6) is -0.475. The summed E-state index contributed by atoms with van der Waals surface area (Å²) in [6.45, 7) is 1.42. The van der Waals surface area contributed by atoms with Crippen LogP contribution in [0.4, 0.5) is 19.0 Å². The average Bonchev–Trinajstić information content (AvgIpc) is 2.53. The Hall–Kier alpha value is -1.98. The lowest BCUT2D eigenvalue weighted by Gasteiger charge is -2.14. The molecule has 0 radical (unpaired) electrons. The number of aromatic nitrogens is 1. The molecular weight excluding hydrogens is 418 g/mol. The number of hydrogen-bond acceptors (Lipinski definition) is 7. The lowest BCUT2D eigenvalue weighted by Crippen LogP contribution is -2.16. The van der Waals surface area contributed by atoms with Gasteiger partial charge in [0, 0.05) is 0 Å². The van der Waals surface area contributed by atoms with E-state index in [9.17, 15) is 21.6 Å². The van der Waals surface area contributed by atoms with Gasteiger partial charge >= 0.3 is 6.18 Å². The molecule has 13 heteroatoms. The number of nitrogens with zero attached hydrogens (tertiary/aromatic N) is 3. The predicted octanol–water partition coefficient (Wildman–Crippen LogP) is 4.28. The molecule has 0 unspecified atom stereocenters. The van der Waals surface area contributed by atoms with Crippen molar-refractivity contribution in [3.05, 3.63) is 39.9 Å². The van der Waals surface area contributed by atoms with Crippen LogP contribution in [0.15, 0.2) is 49.9 Å². The highest BCUT2D eigenvalue weighted by Crippen LogP contribution is 2.32. The van der Waals surface area contributed by atoms with Crippen LogP contribution >= 0.6 is 23.2 Å². The van der Waals surface area contributed by atoms with Crippen LogP contribution in [0.25, 0.3) is 0 Å². The van der Waals surface area contributed by atoms with Crippen molar-refractivity contribution in [1.29, 1.82) is 5.41 Å². The summed E-state index contributed by atoms with van der Waals surface area (Å²) < 4.78 is 62.0. The van der Waals surface area contributed by atoms with Crippen molar-refractivity contribution in [2.24, 2.45) is 10.2 Å². The molecule has 2 rings (SSSR count). The van der Waals surface area contributed by atoms with E-state index in [0.717, 1.165) is 0 Å². The minimum atomic E-state index is -4.77. The van der Waals surface area contributed by atoms with Crippen molar-refractivity contribution in [2.75, 3.05) is 11.1 Å². The maximum atomic E-state index is 12.6. The van der Waals surface area contributed by atoms with Crippen molar-refractivity contribution < 1.29 is 21.6 Å². The van der Waals surface area contributed by atoms with E-state index >= 15 is 0 Å². The van der Waals surface area contributed by atoms with E-state index in [0.29, 0.717) is 6.08 Å². The normalized spacial score (nSPS) is 17.2. The molecule has 26 heavy (non-hydrogen) atoms. The number of rotatable bonds is 4. The molecule has 1 aromatic rings. The summed E-state index contributed by atoms with van der Waals surface area (Å²) in [5.41, 5.74) is -2.43. The fourth-order valence-electron chi connectivity index (χ4n) is 1.77. The third-order valence-corrected chi connectivity index (χ3v) is 5.30. The summed E-state index contributed by atoms with van der Waals surface area (Å²) in [4.78, 5) is 3.61. The number of alkyl halides is 3. The molecule has 0 amide bonds. The molecule has 1 aromatic heterocycles. The van der Waals surface area contributed by atoms with Crippen molar-refractivity contribution in [1.82, 2.24) is 4.98 Å². The molecule has 1 aliphatic rings. The lowest BCUT2D eigenvalue weighted by molar-refractivity contribution is -0.0930. The molecule has 2 heterocycles. The molecule has 0 fully saturated rings. The Balaban J connectivity index is 2.43. The van der Waals surface area contributed by atoms with Crippen LogP contribution in [0.5, 0.6) is 0 Å². The second kappa shape index (κ2) is 7.33. The number of anilines is 1. The van der Waals surface area contributed by atoms with Gasteiger partial charge in [-0.05, 0) is 18.2 Å². The van der Waals surface area contributed by atoms with Crippen LogP contribution in [-0.4, -0.2) is 31.0 Å². The van der Waals surface area contributed by atoms with Gasteiger partial charge in [0.1, 0.15) is 20.9 Å². The zero-order valence-corrected chi connectivity index (χ0v) is 15.2. The van der Waals surface area contributed by atoms with Gasteiger partial charge in [0.15, 0.2) is 21.4 Å². The molecule has 0 aliphatic carbocycles. The number of hydrogen-bond donors (Lipinski definition) is 2. The molecular formula is C13H10Cl2F3N5O2S. The van der Waals surface area contributed by atoms with Crippen molar-refractivity contribution in [2.45, 2.75) is 18.0 Å². The molecule has 2 N–H and O–H groups in total. The summed E-state index contributed by atoms with van der Waals surface area (Å²) in [6, 6.07) is 2.47. The van der Waals surface area contributed by atoms with Gasteiger partial charge in [-0.1, -0.05) is 30.1 Å². The third kappa shape index (κ3) is 4.40. The fraction of sp³-hybridized carbons (Fsp3) is 0.231. The van der Waals surface area contributed by atoms with Crippen molar-refractivity contribution >= 4 is 44.6 Å². The summed E-state index contributed by atoms with van der Waals surface area (Å²) in [5, 5.41) is 15.8. The second-order valence-electron chi connectivity index (χ2n) is 4.81. The largest absolute Gasteiger partial charge is 0.435 e. The molecule has 1 aliphatic heterocycles. The van der Waals surface area contributed by atoms with E-state index < -0.39 is 38.3 Å². The van der Waals surface area contributed by atoms with Crippen LogP contribution < -0.4 is 5.32 Å². The highest BCUT2D eigenvalue weighted by Gasteiger charge is 2.36. The average molecular weight is 428 g/mol. The van der Waals surface area contributed by atoms with E-state index in [1.807, 2.05) is 0 Å². The minimum absolute atomic E-state index is 0.0448. The van der Waals surface area contributed by atoms with Gasteiger partial charge in [0.25, 0.3) is 0 Å². The van der Waals surface area contributed by atoms with Crippen molar-refractivity contribution in [3.8, 4) is 0 Å². The molecule has 0 aromatic carbocycles. The highest BCUT2D eigenvalue weighted by molar-refractivity contribution is 7.91. The number of allylic oxidation sites excluding steroid dienone is 2. The van der Waals surface area contributed by atoms with Crippen LogP contribution in [0.3, 0.4) is 0 Å². The molecule has 7 nitrogen and oxygen atoms in total. The van der Waals surface area contributed by atoms with Gasteiger partial charge in [-0.15, -0.1) is 10.2 Å². The molecule has 0 bridgehead atoms. The molecule has 0 saturated heterocycles. The van der Waals surface area contributed by atoms with Crippen molar-refractivity contribution in [3.63, 3.8) is 0 Å². The van der Waals surface area contributed by atoms with Gasteiger partial charge in [-0.25, -0.2) is 13.4 Å². The summed E-state index contributed by atoms with van der Waals surface area (Å²) >= 11 is 11.7. The zero-order chi connectivity index (χ0) is 19.7. The zero-order valence-electron chi connectivity index (χ0n) is 12.9. The van der Waals surface area contributed by atoms with Crippen LogP contribution in [-0.2, 0) is 9.84 Å². The summed E-state index contributed by atoms with van der Waals surface area (Å²) in [6.07, 6.45) is -4.32. The predicted molar refractivity (Wildman–Crippen MR) is 90.2 cm³/mol. The van der Waals surface area contributed by atoms with Crippen LogP contribution in [0.1, 0.15) is 6.92 Å². The van der Waals surface area contributed by atoms with Crippen LogP contribution in [0, 0.1) is 5.41 Å². The Kier molecular flexibility index (Phi) is 5.73. The number of nitrogens with one attached hydrogen (secondary N) is 2. The van der Waals surface area contributed by atoms with E-state index in [2.05, 4.69) is 20.5 Å². The Labute approximate surface area is 156 Å². The maximum Gasteiger partial charge on any atom is 0.435 e. The SMILES string of the molecule is CCS(=O)(=O)c1ccc(Cl)nc1N/C(Cl)=C1/N=NC(C(F)(F)F)=CC1=N. The number of halogens is 5. The fourth-order valence-corrected chi connectivity index (χ4v) is 3.13. The molecule has 0 saturated carbocycles. The maximum absolute atomic E-state index is 12.6. The highest BCUT2D eigenvalue weighted by atomic mass is 35.5. The van der Waals surface area contributed by atoms with Gasteiger partial charge in [0.05, 0.1) is 11.5 Å². The second-order valence-corrected chi connectivity index (χ2v) is 7.82. The van der Waals surface area contributed by atoms with E-state index in [4.69, 9.17) is 28.6 Å². The Bertz CT molecular complexity index is 955. The quantitative estimate of drug-likeness (QED) is 0.551. The number of pyridine rings is 1. The van der Waals surface area contributed by atoms with Gasteiger partial charge < -0.3 is 5.32 Å². The first-order chi connectivity index (χ1) is 12.0. The Morgan fingerprint density at radius 1 is 1.31 bits per heavy atom. The first-order valence-electron chi connectivity index (χ1n) is 6.81. The van der Waals surface area contributed by atoms with E-state index in [1.54, 1.807) is 0 Å². The van der Waals surface area contributed by atoms with Gasteiger partial charge in [-0.3, -0.25) is 5.41 Å². The van der Waals surface area contributed by atoms with Gasteiger partial charge in [0.2, 0.25) is 0 Å². The number of sulfone groups is 1. The molecule has 0 atom stereocenters. The minimum Gasteiger partial charge on any atom is -0.328 e. The lowest BCUT2D eigenvalue weighted by atomic mass is 10.2. The Morgan fingerprint density at radius 3 is 2.50 bits per heavy atom. The third-order valence-electron chi connectivity index (χ3n) is 3.06. The molecule has 0 spiro atoms. The Morgan fingerprint density at radius 2 is 1.96 bits per heavy atom. The smallest absolute Gasteiger partial charge is 0.328 e. The summed E-state index contributed by atoms with van der Waals surface area (Å²) in [7, 11) is -3.70. The standard InChI is InChI=1S/C13H10Cl2F3N5O2S/c1-2-26(24,25)7-3-4-9(14)20-12(7)21-11(15)10-6(19)5-8(22-23-10)13(16,17)18/h3-5,19H,2H2,1H3,(H,20,21)/b11-10+,19-6?. The molecule has 140 valence electrons. The van der Waals surface area contributed by atoms with E-state index in [-0.39, 0.29) is 21.6 Å². The van der Waals surface area contributed by atoms with E-state index in [1.165, 1.54) is 19.1 Å². The first-order valence-corrected chi connectivity index (χ1v) is 9.22.